The molecule has 1 aliphatic carbocycles. The molecule has 0 radical (unpaired) electrons. The highest BCUT2D eigenvalue weighted by atomic mass is 16.7. The first-order valence-electron chi connectivity index (χ1n) is 13.3. The van der Waals surface area contributed by atoms with Gasteiger partial charge in [-0.2, -0.15) is 0 Å². The minimum atomic E-state index is -0.447. The molecule has 1 N–H and O–H groups in total. The van der Waals surface area contributed by atoms with Gasteiger partial charge in [-0.3, -0.25) is 9.78 Å². The molecule has 2 aromatic carbocycles. The molecule has 37 heavy (non-hydrogen) atoms. The molecule has 3 aliphatic rings. The lowest BCUT2D eigenvalue weighted by Gasteiger charge is -2.50. The van der Waals surface area contributed by atoms with Crippen molar-refractivity contribution in [1.29, 1.82) is 0 Å². The molecule has 1 saturated carbocycles. The molecule has 1 spiro atoms. The van der Waals surface area contributed by atoms with Gasteiger partial charge in [0.1, 0.15) is 0 Å². The second-order valence-electron chi connectivity index (χ2n) is 11.0. The van der Waals surface area contributed by atoms with Crippen molar-refractivity contribution in [2.75, 3.05) is 32.1 Å². The summed E-state index contributed by atoms with van der Waals surface area (Å²) in [6.45, 7) is 5.04. The van der Waals surface area contributed by atoms with E-state index in [9.17, 15) is 4.79 Å². The molecule has 1 aromatic heterocycles. The number of aryl methyl sites for hydroxylation is 1. The van der Waals surface area contributed by atoms with Gasteiger partial charge in [0.2, 0.25) is 0 Å². The zero-order chi connectivity index (χ0) is 25.5. The van der Waals surface area contributed by atoms with Crippen molar-refractivity contribution < 1.29 is 14.3 Å². The van der Waals surface area contributed by atoms with Crippen molar-refractivity contribution in [2.24, 2.45) is 5.92 Å². The van der Waals surface area contributed by atoms with Crippen molar-refractivity contribution in [3.8, 4) is 0 Å². The van der Waals surface area contributed by atoms with Crippen LogP contribution in [0.15, 0.2) is 66.9 Å². The van der Waals surface area contributed by atoms with Crippen LogP contribution in [0.3, 0.4) is 0 Å². The molecular weight excluding hydrogens is 462 g/mol. The van der Waals surface area contributed by atoms with E-state index < -0.39 is 5.79 Å². The SMILES string of the molecule is Cc1ncccc1NC(=O)c1ccc2c(c1)CN(C)CC1CC3(CCC21Cc1ccccc1)OCCO3. The Bertz CT molecular complexity index is 1290. The van der Waals surface area contributed by atoms with Crippen LogP contribution < -0.4 is 5.32 Å². The van der Waals surface area contributed by atoms with Crippen LogP contribution in [0.2, 0.25) is 0 Å². The van der Waals surface area contributed by atoms with Crippen LogP contribution in [-0.4, -0.2) is 48.4 Å². The summed E-state index contributed by atoms with van der Waals surface area (Å²) in [6.07, 6.45) is 5.49. The third kappa shape index (κ3) is 4.58. The van der Waals surface area contributed by atoms with Gasteiger partial charge in [0.05, 0.1) is 24.6 Å². The number of aromatic nitrogens is 1. The van der Waals surface area contributed by atoms with Gasteiger partial charge in [0, 0.05) is 43.1 Å². The Kier molecular flexibility index (Phi) is 6.35. The molecule has 3 aromatic rings. The lowest BCUT2D eigenvalue weighted by molar-refractivity contribution is -0.199. The molecule has 2 atom stereocenters. The highest BCUT2D eigenvalue weighted by Crippen LogP contribution is 2.53. The number of anilines is 1. The Balaban J connectivity index is 1.39. The van der Waals surface area contributed by atoms with Gasteiger partial charge in [0.15, 0.2) is 5.79 Å². The number of ether oxygens (including phenoxy) is 2. The molecule has 2 fully saturated rings. The second kappa shape index (κ2) is 9.67. The van der Waals surface area contributed by atoms with E-state index in [0.29, 0.717) is 24.7 Å². The fourth-order valence-electron chi connectivity index (χ4n) is 6.83. The number of amides is 1. The zero-order valence-electron chi connectivity index (χ0n) is 21.7. The Morgan fingerprint density at radius 1 is 1.08 bits per heavy atom. The molecular formula is C31H35N3O3. The smallest absolute Gasteiger partial charge is 0.255 e. The summed E-state index contributed by atoms with van der Waals surface area (Å²) in [5, 5.41) is 3.05. The topological polar surface area (TPSA) is 63.7 Å². The number of rotatable bonds is 4. The average Bonchev–Trinajstić information content (AvgIpc) is 3.31. The molecule has 2 aliphatic heterocycles. The van der Waals surface area contributed by atoms with Crippen molar-refractivity contribution in [3.63, 3.8) is 0 Å². The maximum atomic E-state index is 13.3. The van der Waals surface area contributed by atoms with Gasteiger partial charge in [-0.05, 0) is 73.7 Å². The number of pyridine rings is 1. The summed E-state index contributed by atoms with van der Waals surface area (Å²) >= 11 is 0. The van der Waals surface area contributed by atoms with E-state index in [2.05, 4.69) is 64.7 Å². The first-order valence-corrected chi connectivity index (χ1v) is 13.3. The Morgan fingerprint density at radius 3 is 2.68 bits per heavy atom. The van der Waals surface area contributed by atoms with Gasteiger partial charge < -0.3 is 19.7 Å². The third-order valence-electron chi connectivity index (χ3n) is 8.60. The predicted molar refractivity (Wildman–Crippen MR) is 144 cm³/mol. The first-order chi connectivity index (χ1) is 18.0. The highest BCUT2D eigenvalue weighted by molar-refractivity contribution is 6.04. The van der Waals surface area contributed by atoms with Crippen LogP contribution in [0.25, 0.3) is 0 Å². The summed E-state index contributed by atoms with van der Waals surface area (Å²) in [6, 6.07) is 20.9. The standard InChI is InChI=1S/C31H35N3O3/c1-22-28(9-6-14-32-22)33-29(35)24-10-11-27-25(17-24)20-34(2)21-26-19-31(36-15-16-37-31)13-12-30(26,27)18-23-7-4-3-5-8-23/h3-11,14,17,26H,12-13,15-16,18-21H2,1-2H3,(H,33,35). The number of nitrogens with zero attached hydrogens (tertiary/aromatic N) is 2. The fraction of sp³-hybridized carbons (Fsp3) is 0.419. The Labute approximate surface area is 219 Å². The molecule has 1 amide bonds. The van der Waals surface area contributed by atoms with Crippen LogP contribution in [0.1, 0.15) is 52.0 Å². The molecule has 1 saturated heterocycles. The molecule has 6 nitrogen and oxygen atoms in total. The van der Waals surface area contributed by atoms with Gasteiger partial charge in [-0.15, -0.1) is 0 Å². The van der Waals surface area contributed by atoms with Crippen molar-refractivity contribution in [2.45, 2.75) is 50.4 Å². The van der Waals surface area contributed by atoms with E-state index in [4.69, 9.17) is 9.47 Å². The van der Waals surface area contributed by atoms with E-state index >= 15 is 0 Å². The number of nitrogens with one attached hydrogen (secondary N) is 1. The summed E-state index contributed by atoms with van der Waals surface area (Å²) in [7, 11) is 2.19. The number of hydrogen-bond acceptors (Lipinski definition) is 5. The summed E-state index contributed by atoms with van der Waals surface area (Å²) in [5.41, 5.74) is 6.14. The van der Waals surface area contributed by atoms with Crippen molar-refractivity contribution in [3.05, 3.63) is 94.8 Å². The largest absolute Gasteiger partial charge is 0.348 e. The van der Waals surface area contributed by atoms with Gasteiger partial charge in [-0.25, -0.2) is 0 Å². The van der Waals surface area contributed by atoms with Crippen LogP contribution in [0.5, 0.6) is 0 Å². The molecule has 6 heteroatoms. The molecule has 0 bridgehead atoms. The number of hydrogen-bond donors (Lipinski definition) is 1. The van der Waals surface area contributed by atoms with E-state index in [1.807, 2.05) is 25.1 Å². The molecule has 6 rings (SSSR count). The monoisotopic (exact) mass is 497 g/mol. The zero-order valence-corrected chi connectivity index (χ0v) is 21.7. The van der Waals surface area contributed by atoms with Gasteiger partial charge in [-0.1, -0.05) is 36.4 Å². The van der Waals surface area contributed by atoms with E-state index in [1.165, 1.54) is 16.7 Å². The number of carbonyl (C=O) groups excluding carboxylic acids is 1. The maximum Gasteiger partial charge on any atom is 0.255 e. The maximum absolute atomic E-state index is 13.3. The van der Waals surface area contributed by atoms with E-state index in [0.717, 1.165) is 50.2 Å². The number of fused-ring (bicyclic) bond motifs is 3. The number of benzene rings is 2. The lowest BCUT2D eigenvalue weighted by atomic mass is 9.58. The third-order valence-corrected chi connectivity index (χ3v) is 8.60. The molecule has 3 heterocycles. The van der Waals surface area contributed by atoms with Crippen molar-refractivity contribution in [1.82, 2.24) is 9.88 Å². The lowest BCUT2D eigenvalue weighted by Crippen LogP contribution is -2.51. The van der Waals surface area contributed by atoms with E-state index in [-0.39, 0.29) is 11.3 Å². The van der Waals surface area contributed by atoms with E-state index in [1.54, 1.807) is 6.20 Å². The quantitative estimate of drug-likeness (QED) is 0.543. The van der Waals surface area contributed by atoms with Crippen LogP contribution >= 0.6 is 0 Å². The first kappa shape index (κ1) is 24.3. The van der Waals surface area contributed by atoms with Crippen LogP contribution in [-0.2, 0) is 27.9 Å². The fourth-order valence-corrected chi connectivity index (χ4v) is 6.83. The summed E-state index contributed by atoms with van der Waals surface area (Å²) < 4.78 is 12.4. The summed E-state index contributed by atoms with van der Waals surface area (Å²) in [5.74, 6) is -0.171. The summed E-state index contributed by atoms with van der Waals surface area (Å²) in [4.78, 5) is 20.0. The minimum absolute atomic E-state index is 0.0447. The van der Waals surface area contributed by atoms with Crippen LogP contribution in [0, 0.1) is 12.8 Å². The second-order valence-corrected chi connectivity index (χ2v) is 11.0. The predicted octanol–water partition coefficient (Wildman–Crippen LogP) is 5.11. The van der Waals surface area contributed by atoms with Gasteiger partial charge in [0.25, 0.3) is 5.91 Å². The highest BCUT2D eigenvalue weighted by Gasteiger charge is 2.54. The van der Waals surface area contributed by atoms with Crippen molar-refractivity contribution >= 4 is 11.6 Å². The van der Waals surface area contributed by atoms with Gasteiger partial charge >= 0.3 is 0 Å². The Hall–Kier alpha value is -3.06. The number of carbonyl (C=O) groups is 1. The van der Waals surface area contributed by atoms with Crippen LogP contribution in [0.4, 0.5) is 5.69 Å². The minimum Gasteiger partial charge on any atom is -0.348 e. The average molecular weight is 498 g/mol. The Morgan fingerprint density at radius 2 is 1.89 bits per heavy atom. The molecule has 2 unspecified atom stereocenters. The molecule has 192 valence electrons. The normalized spacial score (nSPS) is 24.8.